The van der Waals surface area contributed by atoms with Crippen LogP contribution in [0.25, 0.3) is 0 Å². The fraction of sp³-hybridized carbons (Fsp3) is 0.951. The van der Waals surface area contributed by atoms with Crippen molar-refractivity contribution in [3.8, 4) is 0 Å². The summed E-state index contributed by atoms with van der Waals surface area (Å²) in [5.41, 5.74) is -0.358. The van der Waals surface area contributed by atoms with E-state index in [9.17, 15) is 40.2 Å². The lowest BCUT2D eigenvalue weighted by molar-refractivity contribution is -0.303. The third-order valence-electron chi connectivity index (χ3n) is 10.3. The van der Waals surface area contributed by atoms with E-state index in [-0.39, 0.29) is 30.3 Å². The van der Waals surface area contributed by atoms with E-state index in [1.54, 1.807) is 0 Å². The maximum absolute atomic E-state index is 12.9. The maximum atomic E-state index is 12.9. The summed E-state index contributed by atoms with van der Waals surface area (Å²) in [5, 5.41) is 67.9. The number of nitrogens with one attached hydrogen (secondary N) is 2. The van der Waals surface area contributed by atoms with Crippen molar-refractivity contribution in [2.75, 3.05) is 19.8 Å². The second kappa shape index (κ2) is 29.8. The van der Waals surface area contributed by atoms with Crippen LogP contribution < -0.4 is 10.6 Å². The molecule has 1 saturated heterocycles. The first kappa shape index (κ1) is 49.6. The number of ether oxygens (including phenoxy) is 2. The Balaban J connectivity index is 2.44. The van der Waals surface area contributed by atoms with Gasteiger partial charge in [0.25, 0.3) is 0 Å². The van der Waals surface area contributed by atoms with Crippen molar-refractivity contribution in [2.24, 2.45) is 5.41 Å². The van der Waals surface area contributed by atoms with Crippen molar-refractivity contribution in [1.29, 1.82) is 0 Å². The van der Waals surface area contributed by atoms with Crippen LogP contribution >= 0.6 is 0 Å². The molecule has 0 bridgehead atoms. The molecule has 1 fully saturated rings. The molecule has 3 unspecified atom stereocenters. The van der Waals surface area contributed by atoms with Crippen LogP contribution in [0.4, 0.5) is 0 Å². The summed E-state index contributed by atoms with van der Waals surface area (Å²) in [6.45, 7) is 7.75. The standard InChI is InChI=1S/C41H80N2O10/c1-5-6-7-8-9-10-11-12-14-17-20-23-26-32(45)35(47)31(30-52-39-38(50)37(49)36(48)33(29-44)53-39)43-34(46)27-24-21-18-15-13-16-19-22-25-28-42-40(51)41(2,3)4/h31-33,35-39,44-45,47-50H,5-30H2,1-4H3,(H,42,51)(H,43,46)/t31?,32?,33-,35?,36+,37+,38-,39+/m1/s1. The number of amides is 2. The fourth-order valence-electron chi connectivity index (χ4n) is 6.66. The van der Waals surface area contributed by atoms with Gasteiger partial charge in [-0.2, -0.15) is 0 Å². The highest BCUT2D eigenvalue weighted by Gasteiger charge is 2.44. The van der Waals surface area contributed by atoms with Gasteiger partial charge in [-0.05, 0) is 19.3 Å². The van der Waals surface area contributed by atoms with Crippen LogP contribution in [0.2, 0.25) is 0 Å². The van der Waals surface area contributed by atoms with Crippen LogP contribution in [0, 0.1) is 5.41 Å². The summed E-state index contributed by atoms with van der Waals surface area (Å²) in [6.07, 6.45) is 14.2. The normalized spacial score (nSPS) is 22.3. The van der Waals surface area contributed by atoms with Gasteiger partial charge >= 0.3 is 0 Å². The minimum atomic E-state index is -1.62. The van der Waals surface area contributed by atoms with Gasteiger partial charge in [0.1, 0.15) is 30.5 Å². The molecule has 314 valence electrons. The van der Waals surface area contributed by atoms with E-state index in [1.807, 2.05) is 20.8 Å². The highest BCUT2D eigenvalue weighted by molar-refractivity contribution is 5.81. The Hall–Kier alpha value is -1.38. The van der Waals surface area contributed by atoms with Gasteiger partial charge < -0.3 is 50.7 Å². The molecule has 2 amide bonds. The molecular formula is C41H80N2O10. The van der Waals surface area contributed by atoms with Crippen molar-refractivity contribution in [2.45, 2.75) is 224 Å². The predicted octanol–water partition coefficient (Wildman–Crippen LogP) is 5.16. The zero-order valence-corrected chi connectivity index (χ0v) is 33.8. The lowest BCUT2D eigenvalue weighted by atomic mass is 9.96. The minimum absolute atomic E-state index is 0.0851. The molecule has 1 aliphatic rings. The summed E-state index contributed by atoms with van der Waals surface area (Å²) >= 11 is 0. The SMILES string of the molecule is CCCCCCCCCCCCCCC(O)C(O)C(CO[C@H]1O[C@H](CO)[C@H](O)[C@H](O)[C@H]1O)NC(=O)CCCCCCCCCCCNC(=O)C(C)(C)C. The predicted molar refractivity (Wildman–Crippen MR) is 208 cm³/mol. The van der Waals surface area contributed by atoms with Crippen molar-refractivity contribution < 1.29 is 49.7 Å². The van der Waals surface area contributed by atoms with E-state index in [1.165, 1.54) is 51.4 Å². The molecule has 1 heterocycles. The number of unbranched alkanes of at least 4 members (excludes halogenated alkanes) is 19. The van der Waals surface area contributed by atoms with Crippen molar-refractivity contribution in [3.05, 3.63) is 0 Å². The second-order valence-electron chi connectivity index (χ2n) is 16.4. The topological polar surface area (TPSA) is 198 Å². The smallest absolute Gasteiger partial charge is 0.225 e. The highest BCUT2D eigenvalue weighted by Crippen LogP contribution is 2.23. The Kier molecular flexibility index (Phi) is 28.0. The monoisotopic (exact) mass is 761 g/mol. The third-order valence-corrected chi connectivity index (χ3v) is 10.3. The Morgan fingerprint density at radius 2 is 1.19 bits per heavy atom. The van der Waals surface area contributed by atoms with Gasteiger partial charge in [-0.3, -0.25) is 9.59 Å². The molecule has 1 aliphatic heterocycles. The minimum Gasteiger partial charge on any atom is -0.394 e. The number of carbonyl (C=O) groups is 2. The summed E-state index contributed by atoms with van der Waals surface area (Å²) in [7, 11) is 0. The molecule has 0 aromatic rings. The molecule has 53 heavy (non-hydrogen) atoms. The number of rotatable bonds is 32. The molecule has 0 spiro atoms. The maximum Gasteiger partial charge on any atom is 0.225 e. The lowest BCUT2D eigenvalue weighted by Gasteiger charge is -2.40. The molecule has 0 radical (unpaired) electrons. The van der Waals surface area contributed by atoms with Crippen molar-refractivity contribution in [1.82, 2.24) is 10.6 Å². The third kappa shape index (κ3) is 22.7. The quantitative estimate of drug-likeness (QED) is 0.0424. The molecule has 1 rings (SSSR count). The van der Waals surface area contributed by atoms with E-state index in [4.69, 9.17) is 9.47 Å². The van der Waals surface area contributed by atoms with Gasteiger partial charge in [0.2, 0.25) is 11.8 Å². The first-order valence-corrected chi connectivity index (χ1v) is 21.2. The Bertz CT molecular complexity index is 918. The fourth-order valence-corrected chi connectivity index (χ4v) is 6.66. The molecule has 12 nitrogen and oxygen atoms in total. The summed E-state index contributed by atoms with van der Waals surface area (Å²) in [5.74, 6) is -0.204. The van der Waals surface area contributed by atoms with Crippen LogP contribution in [0.15, 0.2) is 0 Å². The van der Waals surface area contributed by atoms with Crippen LogP contribution in [-0.2, 0) is 19.1 Å². The van der Waals surface area contributed by atoms with Crippen molar-refractivity contribution >= 4 is 11.8 Å². The average Bonchev–Trinajstić information content (AvgIpc) is 3.12. The molecule has 0 aromatic heterocycles. The van der Waals surface area contributed by atoms with E-state index in [2.05, 4.69) is 17.6 Å². The van der Waals surface area contributed by atoms with E-state index in [0.717, 1.165) is 77.0 Å². The molecule has 0 saturated carbocycles. The molecule has 0 aliphatic carbocycles. The largest absolute Gasteiger partial charge is 0.394 e. The zero-order chi connectivity index (χ0) is 39.5. The van der Waals surface area contributed by atoms with Crippen LogP contribution in [0.5, 0.6) is 0 Å². The Morgan fingerprint density at radius 3 is 1.70 bits per heavy atom. The van der Waals surface area contributed by atoms with E-state index in [0.29, 0.717) is 19.4 Å². The molecule has 0 aromatic carbocycles. The van der Waals surface area contributed by atoms with Gasteiger partial charge in [-0.15, -0.1) is 0 Å². The van der Waals surface area contributed by atoms with Gasteiger partial charge in [-0.1, -0.05) is 150 Å². The number of aliphatic hydroxyl groups excluding tert-OH is 6. The number of hydrogen-bond donors (Lipinski definition) is 8. The van der Waals surface area contributed by atoms with E-state index >= 15 is 0 Å². The molecule has 8 N–H and O–H groups in total. The first-order chi connectivity index (χ1) is 25.3. The summed E-state index contributed by atoms with van der Waals surface area (Å²) < 4.78 is 11.1. The Labute approximate surface area is 321 Å². The summed E-state index contributed by atoms with van der Waals surface area (Å²) in [6, 6.07) is -1.01. The van der Waals surface area contributed by atoms with Crippen LogP contribution in [-0.4, -0.2) is 111 Å². The summed E-state index contributed by atoms with van der Waals surface area (Å²) in [4.78, 5) is 24.9. The first-order valence-electron chi connectivity index (χ1n) is 21.2. The number of carbonyl (C=O) groups excluding carboxylic acids is 2. The Morgan fingerprint density at radius 1 is 0.698 bits per heavy atom. The van der Waals surface area contributed by atoms with Gasteiger partial charge in [0.05, 0.1) is 25.4 Å². The molecule has 12 heteroatoms. The van der Waals surface area contributed by atoms with Crippen LogP contribution in [0.3, 0.4) is 0 Å². The molecular weight excluding hydrogens is 680 g/mol. The lowest BCUT2D eigenvalue weighted by Crippen LogP contribution is -2.60. The average molecular weight is 761 g/mol. The van der Waals surface area contributed by atoms with Gasteiger partial charge in [0.15, 0.2) is 6.29 Å². The zero-order valence-electron chi connectivity index (χ0n) is 33.8. The van der Waals surface area contributed by atoms with Gasteiger partial charge in [-0.25, -0.2) is 0 Å². The number of aliphatic hydroxyl groups is 6. The molecule has 8 atom stereocenters. The van der Waals surface area contributed by atoms with Crippen LogP contribution in [0.1, 0.15) is 175 Å². The highest BCUT2D eigenvalue weighted by atomic mass is 16.7. The van der Waals surface area contributed by atoms with Crippen molar-refractivity contribution in [3.63, 3.8) is 0 Å². The second-order valence-corrected chi connectivity index (χ2v) is 16.4. The van der Waals surface area contributed by atoms with Gasteiger partial charge in [0, 0.05) is 18.4 Å². The van der Waals surface area contributed by atoms with E-state index < -0.39 is 55.6 Å². The number of hydrogen-bond acceptors (Lipinski definition) is 10.